The van der Waals surface area contributed by atoms with E-state index in [2.05, 4.69) is 0 Å². The van der Waals surface area contributed by atoms with E-state index in [-0.39, 0.29) is 34.5 Å². The average Bonchev–Trinajstić information content (AvgIpc) is 2.91. The summed E-state index contributed by atoms with van der Waals surface area (Å²) in [4.78, 5) is 45.8. The number of rotatable bonds is 5. The first-order chi connectivity index (χ1) is 12.3. The van der Waals surface area contributed by atoms with Crippen LogP contribution < -0.4 is 0 Å². The van der Waals surface area contributed by atoms with Gasteiger partial charge in [0.2, 0.25) is 0 Å². The molecule has 0 N–H and O–H groups in total. The lowest BCUT2D eigenvalue weighted by Crippen LogP contribution is -2.09. The number of esters is 1. The first kappa shape index (κ1) is 17.2. The van der Waals surface area contributed by atoms with Crippen LogP contribution in [0.1, 0.15) is 39.6 Å². The number of nitro groups is 2. The highest BCUT2D eigenvalue weighted by atomic mass is 16.6. The Balaban J connectivity index is 2.24. The van der Waals surface area contributed by atoms with Gasteiger partial charge in [0, 0.05) is 41.0 Å². The second-order valence-electron chi connectivity index (χ2n) is 5.63. The summed E-state index contributed by atoms with van der Waals surface area (Å²) in [6.07, 6.45) is 0.560. The van der Waals surface area contributed by atoms with Gasteiger partial charge in [0.25, 0.3) is 11.4 Å². The molecule has 2 aromatic carbocycles. The zero-order valence-corrected chi connectivity index (χ0v) is 13.6. The van der Waals surface area contributed by atoms with Gasteiger partial charge in [-0.1, -0.05) is 6.92 Å². The third kappa shape index (κ3) is 2.69. The Hall–Kier alpha value is -3.62. The maximum atomic E-state index is 12.6. The van der Waals surface area contributed by atoms with E-state index in [1.807, 2.05) is 0 Å². The van der Waals surface area contributed by atoms with E-state index >= 15 is 0 Å². The highest BCUT2D eigenvalue weighted by Crippen LogP contribution is 2.42. The molecule has 0 unspecified atom stereocenters. The second kappa shape index (κ2) is 6.36. The molecule has 0 atom stereocenters. The van der Waals surface area contributed by atoms with Gasteiger partial charge in [-0.05, 0) is 18.1 Å². The lowest BCUT2D eigenvalue weighted by Gasteiger charge is -2.09. The van der Waals surface area contributed by atoms with Crippen LogP contribution in [0.4, 0.5) is 11.4 Å². The van der Waals surface area contributed by atoms with Crippen molar-refractivity contribution in [1.82, 2.24) is 0 Å². The van der Waals surface area contributed by atoms with E-state index in [9.17, 15) is 29.8 Å². The Labute approximate surface area is 146 Å². The fourth-order valence-electron chi connectivity index (χ4n) is 2.83. The molecule has 0 bridgehead atoms. The molecule has 0 saturated carbocycles. The van der Waals surface area contributed by atoms with Crippen molar-refractivity contribution in [3.8, 4) is 11.1 Å². The van der Waals surface area contributed by atoms with Gasteiger partial charge in [-0.15, -0.1) is 0 Å². The van der Waals surface area contributed by atoms with Crippen LogP contribution in [0.15, 0.2) is 30.3 Å². The number of carbonyl (C=O) groups is 2. The van der Waals surface area contributed by atoms with Crippen molar-refractivity contribution < 1.29 is 24.2 Å². The number of nitrogens with zero attached hydrogens (tertiary/aromatic N) is 2. The molecule has 0 saturated heterocycles. The number of hydrogen-bond donors (Lipinski definition) is 0. The topological polar surface area (TPSA) is 130 Å². The number of hydrogen-bond acceptors (Lipinski definition) is 7. The summed E-state index contributed by atoms with van der Waals surface area (Å²) in [6.45, 7) is 1.92. The van der Waals surface area contributed by atoms with Crippen molar-refractivity contribution in [3.63, 3.8) is 0 Å². The Morgan fingerprint density at radius 2 is 1.65 bits per heavy atom. The van der Waals surface area contributed by atoms with E-state index < -0.39 is 27.3 Å². The number of nitro benzene ring substituents is 2. The van der Waals surface area contributed by atoms with Crippen molar-refractivity contribution in [2.75, 3.05) is 6.61 Å². The number of ketones is 1. The fourth-order valence-corrected chi connectivity index (χ4v) is 2.83. The summed E-state index contributed by atoms with van der Waals surface area (Å²) in [5.41, 5.74) is -0.320. The number of non-ortho nitro benzene ring substituents is 2. The minimum Gasteiger partial charge on any atom is -0.462 e. The molecule has 2 aromatic rings. The van der Waals surface area contributed by atoms with E-state index in [4.69, 9.17) is 4.74 Å². The van der Waals surface area contributed by atoms with Crippen LogP contribution >= 0.6 is 0 Å². The van der Waals surface area contributed by atoms with E-state index in [0.29, 0.717) is 12.0 Å². The molecule has 1 aliphatic rings. The highest BCUT2D eigenvalue weighted by molar-refractivity contribution is 6.24. The molecule has 0 heterocycles. The Morgan fingerprint density at radius 1 is 1.00 bits per heavy atom. The predicted molar refractivity (Wildman–Crippen MR) is 89.2 cm³/mol. The summed E-state index contributed by atoms with van der Waals surface area (Å²) < 4.78 is 5.07. The van der Waals surface area contributed by atoms with E-state index in [1.165, 1.54) is 12.1 Å². The molecule has 3 rings (SSSR count). The average molecular weight is 356 g/mol. The fraction of sp³-hybridized carbons (Fsp3) is 0.176. The largest absolute Gasteiger partial charge is 0.462 e. The van der Waals surface area contributed by atoms with Crippen molar-refractivity contribution in [3.05, 3.63) is 67.3 Å². The smallest absolute Gasteiger partial charge is 0.339 e. The van der Waals surface area contributed by atoms with Gasteiger partial charge in [0.15, 0.2) is 5.78 Å². The first-order valence-electron chi connectivity index (χ1n) is 7.68. The van der Waals surface area contributed by atoms with Crippen LogP contribution in [0.5, 0.6) is 0 Å². The number of carbonyl (C=O) groups excluding carboxylic acids is 2. The van der Waals surface area contributed by atoms with Gasteiger partial charge in [-0.3, -0.25) is 25.0 Å². The van der Waals surface area contributed by atoms with Gasteiger partial charge in [0.05, 0.1) is 22.0 Å². The SMILES string of the molecule is CCCOC(=O)c1cc([N+](=O)[O-])cc2c1-c1ccc([N+](=O)[O-])cc1C2=O. The predicted octanol–water partition coefficient (Wildman–Crippen LogP) is 3.28. The summed E-state index contributed by atoms with van der Waals surface area (Å²) in [5.74, 6) is -1.39. The third-order valence-electron chi connectivity index (χ3n) is 3.96. The molecule has 1 aliphatic carbocycles. The van der Waals surface area contributed by atoms with Gasteiger partial charge in [-0.2, -0.15) is 0 Å². The Bertz CT molecular complexity index is 981. The van der Waals surface area contributed by atoms with Gasteiger partial charge >= 0.3 is 5.97 Å². The van der Waals surface area contributed by atoms with Crippen LogP contribution in [0, 0.1) is 20.2 Å². The number of ether oxygens (including phenoxy) is 1. The highest BCUT2D eigenvalue weighted by Gasteiger charge is 2.35. The molecule has 9 nitrogen and oxygen atoms in total. The summed E-state index contributed by atoms with van der Waals surface area (Å²) >= 11 is 0. The third-order valence-corrected chi connectivity index (χ3v) is 3.96. The van der Waals surface area contributed by atoms with Crippen molar-refractivity contribution in [2.24, 2.45) is 0 Å². The summed E-state index contributed by atoms with van der Waals surface area (Å²) in [5, 5.41) is 22.1. The molecule has 0 spiro atoms. The lowest BCUT2D eigenvalue weighted by atomic mass is 9.98. The lowest BCUT2D eigenvalue weighted by molar-refractivity contribution is -0.385. The molecule has 0 radical (unpaired) electrons. The zero-order chi connectivity index (χ0) is 19.0. The van der Waals surface area contributed by atoms with Crippen LogP contribution in [-0.2, 0) is 4.74 Å². The zero-order valence-electron chi connectivity index (χ0n) is 13.6. The Kier molecular flexibility index (Phi) is 4.21. The van der Waals surface area contributed by atoms with Crippen LogP contribution in [0.25, 0.3) is 11.1 Å². The maximum Gasteiger partial charge on any atom is 0.339 e. The molecule has 26 heavy (non-hydrogen) atoms. The van der Waals surface area contributed by atoms with Gasteiger partial charge in [0.1, 0.15) is 0 Å². The minimum atomic E-state index is -0.786. The molecule has 132 valence electrons. The Morgan fingerprint density at radius 3 is 2.27 bits per heavy atom. The van der Waals surface area contributed by atoms with Crippen molar-refractivity contribution in [2.45, 2.75) is 13.3 Å². The minimum absolute atomic E-state index is 0.0271. The molecular formula is C17H12N2O7. The first-order valence-corrected chi connectivity index (χ1v) is 7.68. The quantitative estimate of drug-likeness (QED) is 0.389. The number of fused-ring (bicyclic) bond motifs is 3. The van der Waals surface area contributed by atoms with Crippen molar-refractivity contribution in [1.29, 1.82) is 0 Å². The van der Waals surface area contributed by atoms with Crippen molar-refractivity contribution >= 4 is 23.1 Å². The molecule has 0 aliphatic heterocycles. The van der Waals surface area contributed by atoms with Crippen LogP contribution in [0.3, 0.4) is 0 Å². The normalized spacial score (nSPS) is 11.7. The maximum absolute atomic E-state index is 12.6. The summed E-state index contributed by atoms with van der Waals surface area (Å²) in [7, 11) is 0. The molecule has 0 amide bonds. The molecular weight excluding hydrogens is 344 g/mol. The van der Waals surface area contributed by atoms with E-state index in [0.717, 1.165) is 18.2 Å². The number of benzene rings is 2. The van der Waals surface area contributed by atoms with Crippen LogP contribution in [-0.4, -0.2) is 28.2 Å². The molecule has 0 aromatic heterocycles. The monoisotopic (exact) mass is 356 g/mol. The van der Waals surface area contributed by atoms with Crippen LogP contribution in [0.2, 0.25) is 0 Å². The standard InChI is InChI=1S/C17H12N2O7/c1-2-5-26-17(21)14-8-10(19(24)25)7-13-15(14)11-4-3-9(18(22)23)6-12(11)16(13)20/h3-4,6-8H,2,5H2,1H3. The summed E-state index contributed by atoms with van der Waals surface area (Å²) in [6, 6.07) is 5.80. The second-order valence-corrected chi connectivity index (χ2v) is 5.63. The molecule has 9 heteroatoms. The van der Waals surface area contributed by atoms with E-state index in [1.54, 1.807) is 6.92 Å². The van der Waals surface area contributed by atoms with Gasteiger partial charge in [-0.25, -0.2) is 4.79 Å². The van der Waals surface area contributed by atoms with Gasteiger partial charge < -0.3 is 4.74 Å². The molecule has 0 fully saturated rings.